The number of H-pyrrole nitrogens is 1. The maximum Gasteiger partial charge on any atom is 0.330 e. The SMILES string of the molecule is CC(=O)NC1C(OC2OC(C[C@@H](O)C3OC(n4ccc(=O)[nH]c4=O)C(O)C3O)C(O)C(O)C2NC(=O)/C=C/CCCCCCCCCC(C)C)OC(CO)C(O)C1O. The molecule has 0 aliphatic carbocycles. The molecule has 20 heteroatoms. The van der Waals surface area contributed by atoms with Crippen LogP contribution in [0.1, 0.15) is 91.2 Å². The smallest absolute Gasteiger partial charge is 0.330 e. The van der Waals surface area contributed by atoms with E-state index in [-0.39, 0.29) is 0 Å². The molecular weight excluding hydrogens is 768 g/mol. The van der Waals surface area contributed by atoms with Crippen molar-refractivity contribution < 1.29 is 69.4 Å². The summed E-state index contributed by atoms with van der Waals surface area (Å²) in [5.74, 6) is -0.641. The molecular formula is C38H62N4O16. The molecule has 20 nitrogen and oxygen atoms in total. The first-order valence-electron chi connectivity index (χ1n) is 20.1. The van der Waals surface area contributed by atoms with Gasteiger partial charge in [0.15, 0.2) is 18.8 Å². The highest BCUT2D eigenvalue weighted by atomic mass is 16.8. The zero-order valence-corrected chi connectivity index (χ0v) is 33.1. The molecule has 14 unspecified atom stereocenters. The summed E-state index contributed by atoms with van der Waals surface area (Å²) < 4.78 is 24.1. The molecule has 0 aromatic carbocycles. The van der Waals surface area contributed by atoms with Gasteiger partial charge in [-0.1, -0.05) is 64.9 Å². The van der Waals surface area contributed by atoms with Crippen LogP contribution in [-0.2, 0) is 28.5 Å². The quantitative estimate of drug-likeness (QED) is 0.0479. The molecule has 0 bridgehead atoms. The van der Waals surface area contributed by atoms with Crippen LogP contribution >= 0.6 is 0 Å². The summed E-state index contributed by atoms with van der Waals surface area (Å²) in [6, 6.07) is -2.01. The highest BCUT2D eigenvalue weighted by Crippen LogP contribution is 2.34. The first kappa shape index (κ1) is 47.6. The van der Waals surface area contributed by atoms with Crippen LogP contribution in [0, 0.1) is 5.92 Å². The zero-order chi connectivity index (χ0) is 42.7. The molecule has 4 rings (SSSR count). The van der Waals surface area contributed by atoms with E-state index >= 15 is 0 Å². The monoisotopic (exact) mass is 830 g/mol. The van der Waals surface area contributed by atoms with Crippen molar-refractivity contribution in [3.63, 3.8) is 0 Å². The molecule has 1 aromatic heterocycles. The number of allylic oxidation sites excluding steroid dienone is 1. The second-order valence-corrected chi connectivity index (χ2v) is 15.8. The van der Waals surface area contributed by atoms with Crippen molar-refractivity contribution in [3.05, 3.63) is 45.3 Å². The van der Waals surface area contributed by atoms with Gasteiger partial charge in [0.2, 0.25) is 11.8 Å². The number of carbonyl (C=O) groups is 2. The van der Waals surface area contributed by atoms with Gasteiger partial charge in [-0.05, 0) is 24.8 Å². The highest BCUT2D eigenvalue weighted by molar-refractivity contribution is 5.87. The fraction of sp³-hybridized carbons (Fsp3) is 0.789. The van der Waals surface area contributed by atoms with Crippen molar-refractivity contribution in [2.45, 2.75) is 177 Å². The third kappa shape index (κ3) is 12.7. The summed E-state index contributed by atoms with van der Waals surface area (Å²) in [5, 5.41) is 91.4. The summed E-state index contributed by atoms with van der Waals surface area (Å²) in [7, 11) is 0. The van der Waals surface area contributed by atoms with E-state index in [1.165, 1.54) is 31.8 Å². The van der Waals surface area contributed by atoms with Crippen molar-refractivity contribution in [3.8, 4) is 0 Å². The molecule has 3 aliphatic heterocycles. The number of ether oxygens (including phenoxy) is 4. The van der Waals surface area contributed by atoms with E-state index in [2.05, 4.69) is 24.5 Å². The summed E-state index contributed by atoms with van der Waals surface area (Å²) >= 11 is 0. The molecule has 0 radical (unpaired) electrons. The van der Waals surface area contributed by atoms with E-state index in [0.29, 0.717) is 12.3 Å². The third-order valence-corrected chi connectivity index (χ3v) is 10.7. The standard InChI is InChI=1S/C38H62N4O16/c1-19(2)13-11-9-7-5-4-6-8-10-12-14-24(46)40-27-31(51)28(48)22(55-37(27)58-36-26(39-20(3)44)30(50)29(49)23(18-43)56-36)17-21(45)34-32(52)33(53)35(57-34)42-16-15-25(47)41-38(42)54/h12,14-16,19,21-23,26-37,43,45,48-53H,4-11,13,17-18H2,1-3H3,(H,39,44)(H,40,46)(H,41,47,54)/b14-12+/t21-,22?,23?,26?,27?,28?,29?,30?,31?,32?,33?,34?,35?,36?,37?/m1/s1. The summed E-state index contributed by atoms with van der Waals surface area (Å²) in [5.41, 5.74) is -1.68. The van der Waals surface area contributed by atoms with Gasteiger partial charge in [-0.15, -0.1) is 0 Å². The van der Waals surface area contributed by atoms with E-state index in [4.69, 9.17) is 18.9 Å². The Morgan fingerprint density at radius 1 is 0.828 bits per heavy atom. The number of hydrogen-bond donors (Lipinski definition) is 11. The summed E-state index contributed by atoms with van der Waals surface area (Å²) in [6.07, 6.45) is -8.97. The first-order valence-corrected chi connectivity index (χ1v) is 20.1. The number of carbonyl (C=O) groups excluding carboxylic acids is 2. The molecule has 58 heavy (non-hydrogen) atoms. The van der Waals surface area contributed by atoms with Crippen LogP contribution in [0.2, 0.25) is 0 Å². The predicted molar refractivity (Wildman–Crippen MR) is 202 cm³/mol. The van der Waals surface area contributed by atoms with Crippen LogP contribution in [0.5, 0.6) is 0 Å². The molecule has 4 heterocycles. The number of amides is 2. The molecule has 11 N–H and O–H groups in total. The Morgan fingerprint density at radius 2 is 1.41 bits per heavy atom. The molecule has 0 saturated carbocycles. The van der Waals surface area contributed by atoms with E-state index in [9.17, 15) is 60.0 Å². The van der Waals surface area contributed by atoms with Crippen LogP contribution in [0.15, 0.2) is 34.0 Å². The number of hydrogen-bond acceptors (Lipinski definition) is 16. The van der Waals surface area contributed by atoms with Crippen LogP contribution in [0.25, 0.3) is 0 Å². The van der Waals surface area contributed by atoms with Crippen LogP contribution in [0.4, 0.5) is 0 Å². The zero-order valence-electron chi connectivity index (χ0n) is 33.1. The molecule has 0 spiro atoms. The lowest BCUT2D eigenvalue weighted by atomic mass is 9.91. The minimum atomic E-state index is -1.85. The Morgan fingerprint density at radius 3 is 2.02 bits per heavy atom. The first-order chi connectivity index (χ1) is 27.5. The van der Waals surface area contributed by atoms with E-state index in [0.717, 1.165) is 49.4 Å². The molecule has 2 amide bonds. The highest BCUT2D eigenvalue weighted by Gasteiger charge is 2.53. The number of unbranched alkanes of at least 4 members (excludes halogenated alkanes) is 7. The third-order valence-electron chi connectivity index (χ3n) is 10.7. The fourth-order valence-corrected chi connectivity index (χ4v) is 7.45. The molecule has 15 atom stereocenters. The van der Waals surface area contributed by atoms with Crippen molar-refractivity contribution in [1.82, 2.24) is 20.2 Å². The molecule has 3 saturated heterocycles. The number of nitrogens with one attached hydrogen (secondary N) is 3. The Bertz CT molecular complexity index is 1590. The number of aromatic amines is 1. The summed E-state index contributed by atoms with van der Waals surface area (Å²) in [6.45, 7) is 4.78. The Kier molecular flexibility index (Phi) is 18.4. The molecule has 330 valence electrons. The lowest BCUT2D eigenvalue weighted by molar-refractivity contribution is -0.346. The maximum atomic E-state index is 13.1. The number of rotatable bonds is 20. The van der Waals surface area contributed by atoms with Gasteiger partial charge in [0.05, 0.1) is 18.8 Å². The van der Waals surface area contributed by atoms with Gasteiger partial charge >= 0.3 is 5.69 Å². The lowest BCUT2D eigenvalue weighted by Crippen LogP contribution is -2.68. The maximum absolute atomic E-state index is 13.1. The topological polar surface area (TPSA) is 312 Å². The Hall–Kier alpha value is -3.12. The number of aliphatic hydroxyl groups excluding tert-OH is 8. The van der Waals surface area contributed by atoms with Gasteiger partial charge in [0.1, 0.15) is 60.9 Å². The number of nitrogens with zero attached hydrogens (tertiary/aromatic N) is 1. The van der Waals surface area contributed by atoms with Crippen molar-refractivity contribution in [2.24, 2.45) is 5.92 Å². The normalized spacial score (nSPS) is 34.7. The predicted octanol–water partition coefficient (Wildman–Crippen LogP) is -2.48. The number of aliphatic hydroxyl groups is 8. The molecule has 3 fully saturated rings. The summed E-state index contributed by atoms with van der Waals surface area (Å²) in [4.78, 5) is 51.1. The number of aromatic nitrogens is 2. The molecule has 1 aromatic rings. The molecule has 3 aliphatic rings. The minimum Gasteiger partial charge on any atom is -0.394 e. The lowest BCUT2D eigenvalue weighted by Gasteiger charge is -2.47. The van der Waals surface area contributed by atoms with Gasteiger partial charge in [-0.25, -0.2) is 4.79 Å². The van der Waals surface area contributed by atoms with Gasteiger partial charge in [0, 0.05) is 25.6 Å². The van der Waals surface area contributed by atoms with Gasteiger partial charge in [-0.2, -0.15) is 0 Å². The average molecular weight is 831 g/mol. The Labute approximate surface area is 335 Å². The van der Waals surface area contributed by atoms with Gasteiger partial charge in [-0.3, -0.25) is 23.9 Å². The van der Waals surface area contributed by atoms with Crippen molar-refractivity contribution in [2.75, 3.05) is 6.61 Å². The minimum absolute atomic E-state index is 0.598. The van der Waals surface area contributed by atoms with Crippen molar-refractivity contribution in [1.29, 1.82) is 0 Å². The van der Waals surface area contributed by atoms with Crippen LogP contribution in [-0.4, -0.2) is 155 Å². The van der Waals surface area contributed by atoms with Crippen LogP contribution in [0.3, 0.4) is 0 Å². The fourth-order valence-electron chi connectivity index (χ4n) is 7.45. The second kappa shape index (κ2) is 22.5. The van der Waals surface area contributed by atoms with Gasteiger partial charge < -0.3 is 70.4 Å². The van der Waals surface area contributed by atoms with Crippen LogP contribution < -0.4 is 21.9 Å². The van der Waals surface area contributed by atoms with E-state index in [1.54, 1.807) is 6.08 Å². The average Bonchev–Trinajstić information content (AvgIpc) is 3.46. The van der Waals surface area contributed by atoms with Crippen molar-refractivity contribution >= 4 is 11.8 Å². The largest absolute Gasteiger partial charge is 0.394 e. The van der Waals surface area contributed by atoms with E-state index in [1.807, 2.05) is 4.98 Å². The van der Waals surface area contributed by atoms with Gasteiger partial charge in [0.25, 0.3) is 5.56 Å². The second-order valence-electron chi connectivity index (χ2n) is 15.8. The van der Waals surface area contributed by atoms with E-state index < -0.39 is 128 Å². The Balaban J connectivity index is 1.46.